The highest BCUT2D eigenvalue weighted by Crippen LogP contribution is 2.20. The lowest BCUT2D eigenvalue weighted by Crippen LogP contribution is -2.46. The van der Waals surface area contributed by atoms with Crippen LogP contribution in [0.25, 0.3) is 0 Å². The summed E-state index contributed by atoms with van der Waals surface area (Å²) in [5.74, 6) is 0.922. The number of anilines is 1. The van der Waals surface area contributed by atoms with Gasteiger partial charge in [-0.05, 0) is 25.0 Å². The van der Waals surface area contributed by atoms with E-state index in [1.54, 1.807) is 6.08 Å². The lowest BCUT2D eigenvalue weighted by atomic mass is 10.1. The predicted octanol–water partition coefficient (Wildman–Crippen LogP) is 4.80. The molecule has 0 amide bonds. The van der Waals surface area contributed by atoms with Crippen LogP contribution in [0, 0.1) is 6.92 Å². The van der Waals surface area contributed by atoms with Crippen molar-refractivity contribution in [1.29, 1.82) is 0 Å². The molecule has 0 radical (unpaired) electrons. The number of aryl methyl sites for hydroxylation is 1. The van der Waals surface area contributed by atoms with Crippen molar-refractivity contribution in [2.24, 2.45) is 0 Å². The van der Waals surface area contributed by atoms with Crippen LogP contribution in [0.15, 0.2) is 72.9 Å². The number of aromatic nitrogens is 2. The molecule has 152 valence electrons. The highest BCUT2D eigenvalue weighted by molar-refractivity contribution is 7.09. The van der Waals surface area contributed by atoms with E-state index >= 15 is 0 Å². The lowest BCUT2D eigenvalue weighted by molar-refractivity contribution is 0.284. The van der Waals surface area contributed by atoms with Crippen LogP contribution >= 0.6 is 11.5 Å². The minimum Gasteiger partial charge on any atom is -0.344 e. The van der Waals surface area contributed by atoms with Gasteiger partial charge in [0.2, 0.25) is 5.13 Å². The molecule has 0 aliphatic carbocycles. The van der Waals surface area contributed by atoms with Crippen LogP contribution in [0.4, 0.5) is 5.13 Å². The summed E-state index contributed by atoms with van der Waals surface area (Å²) in [5, 5.41) is 1.05. The Bertz CT molecular complexity index is 869. The van der Waals surface area contributed by atoms with E-state index < -0.39 is 0 Å². The molecular weight excluding hydrogens is 376 g/mol. The molecule has 1 saturated heterocycles. The fourth-order valence-electron chi connectivity index (χ4n) is 3.22. The number of rotatable bonds is 8. The molecule has 4 nitrogen and oxygen atoms in total. The van der Waals surface area contributed by atoms with E-state index in [1.807, 2.05) is 6.08 Å². The molecule has 5 heteroatoms. The molecule has 2 heterocycles. The third kappa shape index (κ3) is 6.51. The number of benzene rings is 1. The minimum absolute atomic E-state index is 0.801. The maximum Gasteiger partial charge on any atom is 0.205 e. The van der Waals surface area contributed by atoms with Gasteiger partial charge in [-0.25, -0.2) is 4.98 Å². The van der Waals surface area contributed by atoms with Crippen LogP contribution in [0.2, 0.25) is 0 Å². The van der Waals surface area contributed by atoms with Gasteiger partial charge >= 0.3 is 0 Å². The SMILES string of the molecule is C=C\C=C/C(/C=C/CN1CCN(c2nc(Cc3ccc(C)cc3)ns2)CC1)=C\C. The van der Waals surface area contributed by atoms with Gasteiger partial charge in [-0.1, -0.05) is 72.9 Å². The summed E-state index contributed by atoms with van der Waals surface area (Å²) >= 11 is 1.52. The Hall–Kier alpha value is -2.50. The highest BCUT2D eigenvalue weighted by atomic mass is 32.1. The van der Waals surface area contributed by atoms with E-state index in [1.165, 1.54) is 28.2 Å². The molecule has 1 aromatic heterocycles. The molecule has 0 bridgehead atoms. The standard InChI is InChI=1S/C24H30N4S/c1-4-6-8-21(5-2)9-7-14-27-15-17-28(18-16-27)24-25-23(26-29-24)19-22-12-10-20(3)11-13-22/h4-13H,1,14-19H2,2-3H3/b8-6-,9-7+,21-5+. The highest BCUT2D eigenvalue weighted by Gasteiger charge is 2.19. The summed E-state index contributed by atoms with van der Waals surface area (Å²) in [6.45, 7) is 13.0. The Morgan fingerprint density at radius 2 is 1.90 bits per heavy atom. The number of nitrogens with zero attached hydrogens (tertiary/aromatic N) is 4. The van der Waals surface area contributed by atoms with Crippen LogP contribution in [-0.4, -0.2) is 47.0 Å². The van der Waals surface area contributed by atoms with Crippen molar-refractivity contribution in [3.8, 4) is 0 Å². The van der Waals surface area contributed by atoms with Gasteiger partial charge in [0.25, 0.3) is 0 Å². The summed E-state index contributed by atoms with van der Waals surface area (Å²) < 4.78 is 4.58. The van der Waals surface area contributed by atoms with Gasteiger partial charge in [0.1, 0.15) is 5.82 Å². The quantitative estimate of drug-likeness (QED) is 0.589. The number of piperazine rings is 1. The number of hydrogen-bond acceptors (Lipinski definition) is 5. The molecule has 0 N–H and O–H groups in total. The Labute approximate surface area is 178 Å². The first-order chi connectivity index (χ1) is 14.2. The smallest absolute Gasteiger partial charge is 0.205 e. The first-order valence-corrected chi connectivity index (χ1v) is 10.9. The van der Waals surface area contributed by atoms with E-state index in [0.717, 1.165) is 50.1 Å². The maximum atomic E-state index is 4.78. The van der Waals surface area contributed by atoms with E-state index in [4.69, 9.17) is 4.98 Å². The van der Waals surface area contributed by atoms with Crippen molar-refractivity contribution in [1.82, 2.24) is 14.3 Å². The monoisotopic (exact) mass is 406 g/mol. The molecule has 0 spiro atoms. The van der Waals surface area contributed by atoms with Crippen LogP contribution in [0.5, 0.6) is 0 Å². The summed E-state index contributed by atoms with van der Waals surface area (Å²) in [5.41, 5.74) is 3.75. The Kier molecular flexibility index (Phi) is 7.96. The topological polar surface area (TPSA) is 32.3 Å². The summed E-state index contributed by atoms with van der Waals surface area (Å²) in [6, 6.07) is 8.61. The average Bonchev–Trinajstić information content (AvgIpc) is 3.21. The van der Waals surface area contributed by atoms with E-state index in [9.17, 15) is 0 Å². The molecule has 0 saturated carbocycles. The molecule has 0 unspecified atom stereocenters. The zero-order chi connectivity index (χ0) is 20.5. The molecule has 0 atom stereocenters. The van der Waals surface area contributed by atoms with Gasteiger partial charge in [0.15, 0.2) is 0 Å². The zero-order valence-corrected chi connectivity index (χ0v) is 18.2. The second-order valence-corrected chi connectivity index (χ2v) is 7.96. The molecular formula is C24H30N4S. The molecule has 1 aliphatic heterocycles. The van der Waals surface area contributed by atoms with Crippen molar-refractivity contribution in [2.75, 3.05) is 37.6 Å². The predicted molar refractivity (Wildman–Crippen MR) is 125 cm³/mol. The third-order valence-corrected chi connectivity index (χ3v) is 5.83. The van der Waals surface area contributed by atoms with Gasteiger partial charge < -0.3 is 4.90 Å². The summed E-state index contributed by atoms with van der Waals surface area (Å²) in [6.07, 6.45) is 13.2. The maximum absolute atomic E-state index is 4.78. The van der Waals surface area contributed by atoms with Gasteiger partial charge in [0.05, 0.1) is 0 Å². The van der Waals surface area contributed by atoms with Crippen LogP contribution in [0.3, 0.4) is 0 Å². The van der Waals surface area contributed by atoms with Crippen LogP contribution < -0.4 is 4.90 Å². The fraction of sp³-hybridized carbons (Fsp3) is 0.333. The molecule has 3 rings (SSSR count). The van der Waals surface area contributed by atoms with Crippen LogP contribution in [-0.2, 0) is 6.42 Å². The Balaban J connectivity index is 1.47. The molecule has 1 fully saturated rings. The van der Waals surface area contributed by atoms with Gasteiger partial charge in [-0.3, -0.25) is 4.90 Å². The molecule has 1 aliphatic rings. The average molecular weight is 407 g/mol. The van der Waals surface area contributed by atoms with E-state index in [2.05, 4.69) is 83.2 Å². The number of allylic oxidation sites excluding steroid dienone is 6. The molecule has 2 aromatic rings. The third-order valence-electron chi connectivity index (χ3n) is 5.02. The minimum atomic E-state index is 0.801. The van der Waals surface area contributed by atoms with Crippen molar-refractivity contribution < 1.29 is 0 Å². The first-order valence-electron chi connectivity index (χ1n) is 10.2. The van der Waals surface area contributed by atoms with Gasteiger partial charge in [-0.2, -0.15) is 4.37 Å². The van der Waals surface area contributed by atoms with Crippen LogP contribution in [0.1, 0.15) is 23.9 Å². The molecule has 1 aromatic carbocycles. The Morgan fingerprint density at radius 3 is 2.59 bits per heavy atom. The second-order valence-electron chi connectivity index (χ2n) is 7.23. The van der Waals surface area contributed by atoms with Crippen molar-refractivity contribution in [3.63, 3.8) is 0 Å². The zero-order valence-electron chi connectivity index (χ0n) is 17.4. The summed E-state index contributed by atoms with van der Waals surface area (Å²) in [4.78, 5) is 9.62. The molecule has 29 heavy (non-hydrogen) atoms. The lowest BCUT2D eigenvalue weighted by Gasteiger charge is -2.33. The largest absolute Gasteiger partial charge is 0.344 e. The normalized spacial score (nSPS) is 16.2. The fourth-order valence-corrected chi connectivity index (χ4v) is 3.96. The summed E-state index contributed by atoms with van der Waals surface area (Å²) in [7, 11) is 0. The second kappa shape index (κ2) is 10.9. The van der Waals surface area contributed by atoms with Gasteiger partial charge in [-0.15, -0.1) is 0 Å². The van der Waals surface area contributed by atoms with Gasteiger partial charge in [0, 0.05) is 50.7 Å². The Morgan fingerprint density at radius 1 is 1.14 bits per heavy atom. The van der Waals surface area contributed by atoms with Crippen molar-refractivity contribution in [2.45, 2.75) is 20.3 Å². The van der Waals surface area contributed by atoms with Crippen molar-refractivity contribution >= 4 is 16.7 Å². The van der Waals surface area contributed by atoms with E-state index in [-0.39, 0.29) is 0 Å². The number of hydrogen-bond donors (Lipinski definition) is 0. The van der Waals surface area contributed by atoms with Crippen molar-refractivity contribution in [3.05, 3.63) is 89.8 Å². The first kappa shape index (κ1) is 21.2. The van der Waals surface area contributed by atoms with E-state index in [0.29, 0.717) is 0 Å².